The van der Waals surface area contributed by atoms with Crippen LogP contribution in [0.3, 0.4) is 0 Å². The Labute approximate surface area is 425 Å². The third kappa shape index (κ3) is 9.03. The summed E-state index contributed by atoms with van der Waals surface area (Å²) in [6.45, 7) is 25.2. The van der Waals surface area contributed by atoms with E-state index in [1.54, 1.807) is 0 Å². The molecule has 1 aliphatic heterocycles. The molecule has 0 saturated carbocycles. The normalized spacial score (nSPS) is 13.0. The van der Waals surface area contributed by atoms with Crippen LogP contribution in [0.4, 0.5) is 22.7 Å². The second kappa shape index (κ2) is 18.5. The van der Waals surface area contributed by atoms with Crippen LogP contribution in [-0.2, 0) is 42.7 Å². The van der Waals surface area contributed by atoms with E-state index in [1.807, 2.05) is 18.3 Å². The van der Waals surface area contributed by atoms with Crippen molar-refractivity contribution in [2.75, 3.05) is 9.80 Å². The average molecular weight is 1090 g/mol. The molecule has 0 unspecified atom stereocenters. The van der Waals surface area contributed by atoms with E-state index >= 15 is 0 Å². The number of pyridine rings is 1. The van der Waals surface area contributed by atoms with Crippen LogP contribution in [0.1, 0.15) is 103 Å². The van der Waals surface area contributed by atoms with Gasteiger partial charge in [-0.3, -0.25) is 0 Å². The van der Waals surface area contributed by atoms with Gasteiger partial charge in [0.05, 0.1) is 0 Å². The molecule has 0 aliphatic carbocycles. The maximum Gasteiger partial charge on any atom is 4.00 e. The Kier molecular flexibility index (Phi) is 13.1. The fraction of sp³-hybridized carbons (Fsp3) is 0.222. The number of aromatic nitrogens is 2. The molecule has 1 aliphatic rings. The van der Waals surface area contributed by atoms with Crippen LogP contribution in [0.2, 0.25) is 0 Å². The van der Waals surface area contributed by atoms with E-state index in [0.717, 1.165) is 50.4 Å². The Morgan fingerprint density at radius 1 is 0.493 bits per heavy atom. The van der Waals surface area contributed by atoms with Crippen LogP contribution >= 0.6 is 0 Å². The summed E-state index contributed by atoms with van der Waals surface area (Å²) in [5.74, 6) is 2.05. The summed E-state index contributed by atoms with van der Waals surface area (Å²) in [5, 5.41) is 2.23. The average Bonchev–Trinajstić information content (AvgIpc) is 3.87. The van der Waals surface area contributed by atoms with Gasteiger partial charge in [0.25, 0.3) is 0 Å². The van der Waals surface area contributed by atoms with Crippen molar-refractivity contribution in [2.24, 2.45) is 0 Å². The van der Waals surface area contributed by atoms with Gasteiger partial charge in [-0.2, -0.15) is 12.1 Å². The van der Waals surface area contributed by atoms with E-state index in [9.17, 15) is 0 Å². The molecule has 10 rings (SSSR count). The van der Waals surface area contributed by atoms with Gasteiger partial charge >= 0.3 is 21.1 Å². The zero-order chi connectivity index (χ0) is 46.9. The fourth-order valence-electron chi connectivity index (χ4n) is 9.71. The topological polar surface area (TPSA) is 33.5 Å². The summed E-state index contributed by atoms with van der Waals surface area (Å²) >= 11 is 0. The molecular formula is C63H62N4OPt. The van der Waals surface area contributed by atoms with Gasteiger partial charge in [-0.05, 0) is 92.1 Å². The Morgan fingerprint density at radius 3 is 1.68 bits per heavy atom. The third-order valence-electron chi connectivity index (χ3n) is 13.8. The molecule has 69 heavy (non-hydrogen) atoms. The molecule has 0 saturated heterocycles. The molecule has 350 valence electrons. The Bertz CT molecular complexity index is 3280. The standard InChI is InChI=1S/C62H59N4O.CH3.Pt/c1-59(2,3)44-25-19-26-46(35-44)64-41-65(57-40-53(62(9,10)43-23-15-12-16-24-43)52(39-56(57)64)61(7,8)42-21-13-11-14-22-42)47-27-20-28-48(37-47)67-49-31-32-51-50-29-17-18-30-54(50)66(55(51)38-49)58-36-45(33-34-63-58)60(4,5)6;;/h11-36,39-41H,1-10H3;1H3;/q-3;-1;+4. The summed E-state index contributed by atoms with van der Waals surface area (Å²) in [6.07, 6.45) is 1.91. The zero-order valence-electron chi connectivity index (χ0n) is 41.8. The molecule has 3 heterocycles. The minimum Gasteiger partial charge on any atom is -0.509 e. The van der Waals surface area contributed by atoms with Gasteiger partial charge in [0, 0.05) is 51.1 Å². The number of ether oxygens (including phenoxy) is 1. The zero-order valence-corrected chi connectivity index (χ0v) is 44.0. The fourth-order valence-corrected chi connectivity index (χ4v) is 9.71. The number of fused-ring (bicyclic) bond motifs is 4. The number of para-hydroxylation sites is 1. The van der Waals surface area contributed by atoms with Gasteiger partial charge < -0.3 is 26.5 Å². The van der Waals surface area contributed by atoms with Crippen molar-refractivity contribution < 1.29 is 25.8 Å². The van der Waals surface area contributed by atoms with Crippen molar-refractivity contribution in [1.29, 1.82) is 0 Å². The van der Waals surface area contributed by atoms with Crippen LogP contribution in [0.15, 0.2) is 170 Å². The molecular weight excluding hydrogens is 1020 g/mol. The predicted molar refractivity (Wildman–Crippen MR) is 285 cm³/mol. The van der Waals surface area contributed by atoms with Crippen molar-refractivity contribution in [3.63, 3.8) is 0 Å². The Morgan fingerprint density at radius 2 is 1.04 bits per heavy atom. The maximum absolute atomic E-state index is 6.75. The maximum atomic E-state index is 6.75. The minimum atomic E-state index is -0.335. The first-order valence-corrected chi connectivity index (χ1v) is 23.5. The van der Waals surface area contributed by atoms with Crippen LogP contribution in [0, 0.1) is 26.2 Å². The molecule has 6 heteroatoms. The van der Waals surface area contributed by atoms with Gasteiger partial charge in [-0.25, -0.2) is 4.98 Å². The molecule has 7 aromatic carbocycles. The largest absolute Gasteiger partial charge is 4.00 e. The monoisotopic (exact) mass is 1090 g/mol. The van der Waals surface area contributed by atoms with Crippen LogP contribution in [-0.4, -0.2) is 9.55 Å². The number of hydrogen-bond acceptors (Lipinski definition) is 4. The molecule has 0 bridgehead atoms. The van der Waals surface area contributed by atoms with E-state index in [1.165, 1.54) is 33.4 Å². The number of hydrogen-bond donors (Lipinski definition) is 0. The third-order valence-corrected chi connectivity index (χ3v) is 13.8. The molecule has 0 spiro atoms. The number of nitrogens with zero attached hydrogens (tertiary/aromatic N) is 4. The van der Waals surface area contributed by atoms with Gasteiger partial charge in [0.2, 0.25) is 0 Å². The molecule has 0 radical (unpaired) electrons. The number of rotatable bonds is 9. The number of benzene rings is 7. The quantitative estimate of drug-likeness (QED) is 0.135. The van der Waals surface area contributed by atoms with E-state index in [0.29, 0.717) is 11.5 Å². The van der Waals surface area contributed by atoms with Crippen LogP contribution in [0.25, 0.3) is 27.6 Å². The van der Waals surface area contributed by atoms with Crippen LogP contribution < -0.4 is 14.5 Å². The molecule has 0 amide bonds. The SMILES string of the molecule is CC(C)(C)c1cccc(N2[CH-]N(c3[c-]c(Oc4[c-]c5c(cc4)c4ccccc4n5-c4cc(C(C)(C)C)ccn4)ccc3)c3cc(C(C)(C)c4ccccc4)c(C(C)(C)c4ccccc4)cc32)c1.[CH3-].[Pt+4]. The van der Waals surface area contributed by atoms with Crippen molar-refractivity contribution in [3.8, 4) is 17.3 Å². The number of anilines is 4. The summed E-state index contributed by atoms with van der Waals surface area (Å²) in [6, 6.07) is 66.1. The second-order valence-corrected chi connectivity index (χ2v) is 21.1. The smallest absolute Gasteiger partial charge is 0.509 e. The van der Waals surface area contributed by atoms with E-state index in [-0.39, 0.29) is 50.2 Å². The summed E-state index contributed by atoms with van der Waals surface area (Å²) in [5.41, 5.74) is 13.0. The van der Waals surface area contributed by atoms with E-state index < -0.39 is 0 Å². The summed E-state index contributed by atoms with van der Waals surface area (Å²) < 4.78 is 8.96. The second-order valence-electron chi connectivity index (χ2n) is 21.1. The van der Waals surface area contributed by atoms with Crippen molar-refractivity contribution >= 4 is 44.6 Å². The van der Waals surface area contributed by atoms with Crippen molar-refractivity contribution in [3.05, 3.63) is 230 Å². The van der Waals surface area contributed by atoms with Gasteiger partial charge in [-0.15, -0.1) is 48.1 Å². The summed E-state index contributed by atoms with van der Waals surface area (Å²) in [7, 11) is 0. The van der Waals surface area contributed by atoms with Gasteiger partial charge in [0.15, 0.2) is 0 Å². The minimum absolute atomic E-state index is 0. The molecule has 0 atom stereocenters. The van der Waals surface area contributed by atoms with Crippen LogP contribution in [0.5, 0.6) is 11.5 Å². The molecule has 2 aromatic heterocycles. The molecule has 0 N–H and O–H groups in total. The first kappa shape index (κ1) is 49.0. The predicted octanol–water partition coefficient (Wildman–Crippen LogP) is 16.7. The van der Waals surface area contributed by atoms with E-state index in [2.05, 4.69) is 254 Å². The molecule has 5 nitrogen and oxygen atoms in total. The first-order valence-electron chi connectivity index (χ1n) is 23.5. The molecule has 0 fully saturated rings. The first-order chi connectivity index (χ1) is 32.0. The Balaban J connectivity index is 0.00000321. The summed E-state index contributed by atoms with van der Waals surface area (Å²) in [4.78, 5) is 9.50. The Hall–Kier alpha value is -6.42. The van der Waals surface area contributed by atoms with Crippen molar-refractivity contribution in [1.82, 2.24) is 9.55 Å². The van der Waals surface area contributed by atoms with Gasteiger partial charge in [0.1, 0.15) is 5.82 Å². The van der Waals surface area contributed by atoms with Gasteiger partial charge in [-0.1, -0.05) is 166 Å². The molecule has 9 aromatic rings. The van der Waals surface area contributed by atoms with Crippen molar-refractivity contribution in [2.45, 2.75) is 90.9 Å². The van der Waals surface area contributed by atoms with E-state index in [4.69, 9.17) is 9.72 Å².